The quantitative estimate of drug-likeness (QED) is 0.0373. The molecule has 0 spiro atoms. The average molecular weight is 1290 g/mol. The van der Waals surface area contributed by atoms with Crippen molar-refractivity contribution < 1.29 is 24.2 Å². The van der Waals surface area contributed by atoms with Crippen LogP contribution in [0.1, 0.15) is 284 Å². The van der Waals surface area contributed by atoms with Gasteiger partial charge in [-0.1, -0.05) is 347 Å². The maximum absolute atomic E-state index is 12.4. The van der Waals surface area contributed by atoms with E-state index in [0.717, 1.165) is 173 Å². The standard InChI is InChI=1S/C89H136O5/c1-3-5-7-9-11-13-15-17-19-21-23-25-27-29-31-33-35-37-39-41-43-44-46-48-50-52-54-56-58-60-62-64-66-68-70-72-74-76-78-80-82-84-89(92)94-87(85-90)86-93-88(91)83-81-79-77-75-73-71-69-67-65-63-61-59-57-55-53-51-49-47-45-42-40-38-36-34-32-30-28-26-24-22-20-18-16-14-12-10-8-6-4-2/h5-8,11-14,17-20,23-26,29-32,35-38,41-43,45-46,48-49,51-52,54-55,57-58,60-61,63,87,90H,3-4,9-10,15-16,21-22,27-28,33-34,39-40,44,47,50,53,56,59,62,64-86H2,1-2H3/b7-5-,8-6-,13-11-,14-12-,19-17-,20-18-,25-23-,26-24-,31-29-,32-30-,37-35-,38-36-,43-41-,45-42-,48-46-,51-49-,54-52-,57-55-,60-58-,63-61-. The fourth-order valence-corrected chi connectivity index (χ4v) is 9.61. The van der Waals surface area contributed by atoms with Gasteiger partial charge in [-0.15, -0.1) is 0 Å². The third-order valence-corrected chi connectivity index (χ3v) is 15.1. The van der Waals surface area contributed by atoms with Gasteiger partial charge in [0.15, 0.2) is 6.10 Å². The van der Waals surface area contributed by atoms with Crippen LogP contribution < -0.4 is 0 Å². The fraction of sp³-hybridized carbons (Fsp3) is 0.528. The highest BCUT2D eigenvalue weighted by Gasteiger charge is 2.16. The molecule has 0 aliphatic rings. The largest absolute Gasteiger partial charge is 0.462 e. The minimum absolute atomic E-state index is 0.0863. The molecule has 0 saturated carbocycles. The Morgan fingerprint density at radius 2 is 0.426 bits per heavy atom. The highest BCUT2D eigenvalue weighted by Crippen LogP contribution is 2.15. The van der Waals surface area contributed by atoms with E-state index in [0.29, 0.717) is 12.8 Å². The van der Waals surface area contributed by atoms with E-state index in [4.69, 9.17) is 9.47 Å². The van der Waals surface area contributed by atoms with E-state index in [-0.39, 0.29) is 25.2 Å². The molecule has 0 radical (unpaired) electrons. The lowest BCUT2D eigenvalue weighted by Crippen LogP contribution is -2.28. The van der Waals surface area contributed by atoms with E-state index in [2.05, 4.69) is 257 Å². The van der Waals surface area contributed by atoms with Gasteiger partial charge in [-0.2, -0.15) is 0 Å². The number of ether oxygens (including phenoxy) is 2. The van der Waals surface area contributed by atoms with Crippen LogP contribution >= 0.6 is 0 Å². The molecule has 1 atom stereocenters. The van der Waals surface area contributed by atoms with Gasteiger partial charge in [0.1, 0.15) is 6.61 Å². The van der Waals surface area contributed by atoms with Crippen molar-refractivity contribution in [2.45, 2.75) is 290 Å². The molecule has 0 aromatic heterocycles. The molecule has 94 heavy (non-hydrogen) atoms. The van der Waals surface area contributed by atoms with Gasteiger partial charge >= 0.3 is 11.9 Å². The summed E-state index contributed by atoms with van der Waals surface area (Å²) in [5, 5.41) is 9.72. The summed E-state index contributed by atoms with van der Waals surface area (Å²) in [6.07, 6.45) is 133. The van der Waals surface area contributed by atoms with Gasteiger partial charge in [0, 0.05) is 12.8 Å². The van der Waals surface area contributed by atoms with Crippen LogP contribution in [0.4, 0.5) is 0 Å². The Kier molecular flexibility index (Phi) is 75.5. The van der Waals surface area contributed by atoms with Gasteiger partial charge in [-0.3, -0.25) is 9.59 Å². The van der Waals surface area contributed by atoms with Gasteiger partial charge < -0.3 is 14.6 Å². The van der Waals surface area contributed by atoms with Crippen molar-refractivity contribution in [3.05, 3.63) is 243 Å². The molecule has 0 heterocycles. The number of carbonyl (C=O) groups excluding carboxylic acids is 2. The number of aliphatic hydroxyl groups is 1. The summed E-state index contributed by atoms with van der Waals surface area (Å²) in [6.45, 7) is 3.89. The van der Waals surface area contributed by atoms with Crippen molar-refractivity contribution in [2.24, 2.45) is 0 Å². The van der Waals surface area contributed by atoms with Crippen molar-refractivity contribution in [3.63, 3.8) is 0 Å². The van der Waals surface area contributed by atoms with Crippen LogP contribution in [-0.4, -0.2) is 36.4 Å². The molecule has 1 N–H and O–H groups in total. The Labute approximate surface area is 578 Å². The first-order chi connectivity index (χ1) is 46.6. The van der Waals surface area contributed by atoms with E-state index in [1.165, 1.54) is 83.5 Å². The summed E-state index contributed by atoms with van der Waals surface area (Å²) in [6, 6.07) is 0. The number of allylic oxidation sites excluding steroid dienone is 40. The first kappa shape index (κ1) is 87.7. The molecule has 5 heteroatoms. The molecule has 0 aliphatic heterocycles. The monoisotopic (exact) mass is 1290 g/mol. The molecule has 0 fully saturated rings. The highest BCUT2D eigenvalue weighted by molar-refractivity contribution is 5.70. The van der Waals surface area contributed by atoms with Crippen LogP contribution in [0.5, 0.6) is 0 Å². The third kappa shape index (κ3) is 78.1. The molecular weight excluding hydrogens is 1150 g/mol. The molecular formula is C89H136O5. The van der Waals surface area contributed by atoms with Crippen LogP contribution in [0.3, 0.4) is 0 Å². The molecule has 0 bridgehead atoms. The molecule has 0 rings (SSSR count). The second-order valence-electron chi connectivity index (χ2n) is 23.9. The zero-order valence-electron chi connectivity index (χ0n) is 59.9. The van der Waals surface area contributed by atoms with Crippen molar-refractivity contribution in [1.82, 2.24) is 0 Å². The maximum atomic E-state index is 12.4. The molecule has 522 valence electrons. The predicted molar refractivity (Wildman–Crippen MR) is 416 cm³/mol. The Morgan fingerprint density at radius 3 is 0.638 bits per heavy atom. The molecule has 0 aliphatic carbocycles. The molecule has 5 nitrogen and oxygen atoms in total. The summed E-state index contributed by atoms with van der Waals surface area (Å²) < 4.78 is 10.8. The van der Waals surface area contributed by atoms with Gasteiger partial charge in [0.05, 0.1) is 6.61 Å². The van der Waals surface area contributed by atoms with E-state index in [1.54, 1.807) is 0 Å². The Hall–Kier alpha value is -6.30. The summed E-state index contributed by atoms with van der Waals surface area (Å²) in [7, 11) is 0. The minimum Gasteiger partial charge on any atom is -0.462 e. The fourth-order valence-electron chi connectivity index (χ4n) is 9.61. The van der Waals surface area contributed by atoms with Gasteiger partial charge in [-0.25, -0.2) is 0 Å². The molecule has 0 aromatic rings. The average Bonchev–Trinajstić information content (AvgIpc) is 3.77. The lowest BCUT2D eigenvalue weighted by molar-refractivity contribution is -0.161. The number of carbonyl (C=O) groups is 2. The number of hydrogen-bond donors (Lipinski definition) is 1. The van der Waals surface area contributed by atoms with Crippen LogP contribution in [0.2, 0.25) is 0 Å². The van der Waals surface area contributed by atoms with Gasteiger partial charge in [0.2, 0.25) is 0 Å². The summed E-state index contributed by atoms with van der Waals surface area (Å²) in [5.41, 5.74) is 0. The first-order valence-corrected chi connectivity index (χ1v) is 37.6. The number of aliphatic hydroxyl groups excluding tert-OH is 1. The van der Waals surface area contributed by atoms with E-state index >= 15 is 0 Å². The second-order valence-corrected chi connectivity index (χ2v) is 23.9. The van der Waals surface area contributed by atoms with Crippen LogP contribution in [0, 0.1) is 0 Å². The zero-order chi connectivity index (χ0) is 67.5. The van der Waals surface area contributed by atoms with Crippen molar-refractivity contribution >= 4 is 11.9 Å². The Balaban J connectivity index is 3.62. The van der Waals surface area contributed by atoms with E-state index in [9.17, 15) is 14.7 Å². The van der Waals surface area contributed by atoms with Crippen molar-refractivity contribution in [1.29, 1.82) is 0 Å². The molecule has 1 unspecified atom stereocenters. The third-order valence-electron chi connectivity index (χ3n) is 15.1. The van der Waals surface area contributed by atoms with E-state index < -0.39 is 6.10 Å². The maximum Gasteiger partial charge on any atom is 0.306 e. The normalized spacial score (nSPS) is 13.7. The number of rotatable bonds is 66. The summed E-state index contributed by atoms with van der Waals surface area (Å²) in [4.78, 5) is 24.7. The number of esters is 2. The first-order valence-electron chi connectivity index (χ1n) is 37.6. The molecule has 0 aromatic carbocycles. The second kappa shape index (κ2) is 80.9. The highest BCUT2D eigenvalue weighted by atomic mass is 16.6. The van der Waals surface area contributed by atoms with Crippen LogP contribution in [-0.2, 0) is 19.1 Å². The smallest absolute Gasteiger partial charge is 0.306 e. The SMILES string of the molecule is CC/C=C\C/C=C\C/C=C\C/C=C\C/C=C\C/C=C\C/C=C\C/C=C\C/C=C\C/C=C\CCCCCCCCCCCCC(=O)OC(CO)COC(=O)CCCCCCCCCC/C=C\C/C=C\C/C=C\C/C=C\C/C=C\C/C=C\C/C=C\C/C=C\C/C=C\C/C=C\CC. The predicted octanol–water partition coefficient (Wildman–Crippen LogP) is 27.0. The number of hydrogen-bond acceptors (Lipinski definition) is 5. The van der Waals surface area contributed by atoms with Crippen molar-refractivity contribution in [3.8, 4) is 0 Å². The van der Waals surface area contributed by atoms with Crippen LogP contribution in [0.25, 0.3) is 0 Å². The zero-order valence-corrected chi connectivity index (χ0v) is 59.9. The Morgan fingerprint density at radius 1 is 0.245 bits per heavy atom. The lowest BCUT2D eigenvalue weighted by atomic mass is 10.0. The number of unbranched alkanes of at least 4 members (excludes halogenated alkanes) is 18. The topological polar surface area (TPSA) is 72.8 Å². The summed E-state index contributed by atoms with van der Waals surface area (Å²) >= 11 is 0. The molecule has 0 amide bonds. The van der Waals surface area contributed by atoms with E-state index in [1.807, 2.05) is 0 Å². The van der Waals surface area contributed by atoms with Gasteiger partial charge in [-0.05, 0) is 167 Å². The molecule has 0 saturated heterocycles. The van der Waals surface area contributed by atoms with Gasteiger partial charge in [0.25, 0.3) is 0 Å². The Bertz CT molecular complexity index is 2300. The van der Waals surface area contributed by atoms with Crippen LogP contribution in [0.15, 0.2) is 243 Å². The lowest BCUT2D eigenvalue weighted by Gasteiger charge is -2.15. The summed E-state index contributed by atoms with van der Waals surface area (Å²) in [5.74, 6) is -0.618. The minimum atomic E-state index is -0.798. The van der Waals surface area contributed by atoms with Crippen molar-refractivity contribution in [2.75, 3.05) is 13.2 Å².